The molecule has 0 spiro atoms. The molecule has 0 atom stereocenters. The van der Waals surface area contributed by atoms with Crippen LogP contribution >= 0.6 is 0 Å². The summed E-state index contributed by atoms with van der Waals surface area (Å²) in [5.41, 5.74) is 0.315. The van der Waals surface area contributed by atoms with Gasteiger partial charge in [0.1, 0.15) is 11.6 Å². The van der Waals surface area contributed by atoms with E-state index in [1.807, 2.05) is 0 Å². The van der Waals surface area contributed by atoms with Crippen LogP contribution in [0.4, 0.5) is 20.2 Å². The van der Waals surface area contributed by atoms with Gasteiger partial charge in [0, 0.05) is 22.1 Å². The lowest BCUT2D eigenvalue weighted by molar-refractivity contribution is 0.599. The fraction of sp³-hybridized carbons (Fsp3) is 0. The van der Waals surface area contributed by atoms with E-state index in [1.54, 1.807) is 0 Å². The van der Waals surface area contributed by atoms with Crippen LogP contribution in [0.15, 0.2) is 94.7 Å². The lowest BCUT2D eigenvalue weighted by atomic mass is 10.1. The zero-order valence-electron chi connectivity index (χ0n) is 16.3. The number of halogens is 2. The van der Waals surface area contributed by atoms with E-state index < -0.39 is 31.7 Å². The fourth-order valence-corrected chi connectivity index (χ4v) is 5.74. The Morgan fingerprint density at radius 3 is 1.19 bits per heavy atom. The number of rotatable bonds is 6. The van der Waals surface area contributed by atoms with Crippen LogP contribution in [0.25, 0.3) is 10.8 Å². The minimum atomic E-state index is -4.11. The van der Waals surface area contributed by atoms with Gasteiger partial charge in [0.15, 0.2) is 0 Å². The van der Waals surface area contributed by atoms with E-state index in [-0.39, 0.29) is 31.9 Å². The summed E-state index contributed by atoms with van der Waals surface area (Å²) in [6.07, 6.45) is 0. The number of benzene rings is 4. The first-order valence-corrected chi connectivity index (χ1v) is 12.2. The summed E-state index contributed by atoms with van der Waals surface area (Å²) in [5.74, 6) is -1.02. The highest BCUT2D eigenvalue weighted by molar-refractivity contribution is 7.93. The molecule has 4 rings (SSSR count). The molecule has 0 saturated carbocycles. The monoisotopic (exact) mass is 474 g/mol. The van der Waals surface area contributed by atoms with E-state index >= 15 is 0 Å². The largest absolute Gasteiger partial charge is 0.280 e. The van der Waals surface area contributed by atoms with Crippen LogP contribution in [-0.4, -0.2) is 16.8 Å². The maximum absolute atomic E-state index is 13.1. The van der Waals surface area contributed by atoms with Gasteiger partial charge in [-0.1, -0.05) is 24.3 Å². The van der Waals surface area contributed by atoms with Crippen molar-refractivity contribution < 1.29 is 25.6 Å². The molecule has 0 radical (unpaired) electrons. The molecule has 0 amide bonds. The predicted octanol–water partition coefficient (Wildman–Crippen LogP) is 4.72. The van der Waals surface area contributed by atoms with Gasteiger partial charge in [-0.15, -0.1) is 0 Å². The molecule has 6 nitrogen and oxygen atoms in total. The molecule has 0 saturated heterocycles. The highest BCUT2D eigenvalue weighted by atomic mass is 32.2. The third-order valence-corrected chi connectivity index (χ3v) is 7.49. The number of fused-ring (bicyclic) bond motifs is 1. The second-order valence-electron chi connectivity index (χ2n) is 6.83. The van der Waals surface area contributed by atoms with Crippen molar-refractivity contribution in [1.29, 1.82) is 0 Å². The Morgan fingerprint density at radius 1 is 0.500 bits per heavy atom. The smallest absolute Gasteiger partial charge is 0.262 e. The molecule has 0 aliphatic rings. The second kappa shape index (κ2) is 8.21. The highest BCUT2D eigenvalue weighted by Gasteiger charge is 2.22. The molecule has 0 heterocycles. The van der Waals surface area contributed by atoms with Crippen molar-refractivity contribution in [2.75, 3.05) is 9.44 Å². The summed E-state index contributed by atoms with van der Waals surface area (Å²) in [6, 6.07) is 18.1. The van der Waals surface area contributed by atoms with E-state index in [0.29, 0.717) is 0 Å². The number of sulfonamides is 2. The summed E-state index contributed by atoms with van der Waals surface area (Å²) in [5, 5.41) is 0.369. The molecule has 0 aliphatic carbocycles. The standard InChI is InChI=1S/C22H16F2N2O4S2/c23-15-7-11-17(12-8-15)25-31(27,28)21-5-1-3-19-20(21)4-2-6-22(19)32(29,30)26-18-13-9-16(24)10-14-18/h1-14,25-26H. The molecule has 0 aromatic heterocycles. The molecule has 164 valence electrons. The molecule has 10 heteroatoms. The molecule has 4 aromatic rings. The van der Waals surface area contributed by atoms with E-state index in [0.717, 1.165) is 24.3 Å². The van der Waals surface area contributed by atoms with Crippen LogP contribution in [0.5, 0.6) is 0 Å². The topological polar surface area (TPSA) is 92.3 Å². The maximum Gasteiger partial charge on any atom is 0.262 e. The van der Waals surface area contributed by atoms with E-state index in [4.69, 9.17) is 0 Å². The van der Waals surface area contributed by atoms with Gasteiger partial charge in [-0.25, -0.2) is 25.6 Å². The van der Waals surface area contributed by atoms with Crippen LogP contribution in [0, 0.1) is 11.6 Å². The van der Waals surface area contributed by atoms with Gasteiger partial charge in [-0.05, 0) is 60.7 Å². The number of nitrogens with one attached hydrogen (secondary N) is 2. The lowest BCUT2D eigenvalue weighted by Crippen LogP contribution is -2.15. The second-order valence-corrected chi connectivity index (χ2v) is 10.1. The first-order chi connectivity index (χ1) is 15.2. The van der Waals surface area contributed by atoms with Gasteiger partial charge in [0.25, 0.3) is 20.0 Å². The van der Waals surface area contributed by atoms with Gasteiger partial charge in [-0.3, -0.25) is 9.44 Å². The Hall–Kier alpha value is -3.50. The Balaban J connectivity index is 1.77. The predicted molar refractivity (Wildman–Crippen MR) is 118 cm³/mol. The van der Waals surface area contributed by atoms with Gasteiger partial charge >= 0.3 is 0 Å². The average molecular weight is 475 g/mol. The zero-order chi connectivity index (χ0) is 22.9. The quantitative estimate of drug-likeness (QED) is 0.423. The van der Waals surface area contributed by atoms with Crippen molar-refractivity contribution in [3.05, 3.63) is 96.6 Å². The Kier molecular flexibility index (Phi) is 5.57. The van der Waals surface area contributed by atoms with Gasteiger partial charge in [0.05, 0.1) is 9.79 Å². The van der Waals surface area contributed by atoms with Gasteiger partial charge in [-0.2, -0.15) is 0 Å². The molecule has 0 unspecified atom stereocenters. The minimum absolute atomic E-state index is 0.141. The van der Waals surface area contributed by atoms with Crippen LogP contribution in [0.2, 0.25) is 0 Å². The normalized spacial score (nSPS) is 11.9. The number of anilines is 2. The molecule has 0 bridgehead atoms. The fourth-order valence-electron chi connectivity index (χ4n) is 3.18. The Morgan fingerprint density at radius 2 is 0.844 bits per heavy atom. The maximum atomic E-state index is 13.1. The molecule has 0 fully saturated rings. The molecule has 32 heavy (non-hydrogen) atoms. The third kappa shape index (κ3) is 4.41. The van der Waals surface area contributed by atoms with E-state index in [1.165, 1.54) is 60.7 Å². The molecule has 2 N–H and O–H groups in total. The van der Waals surface area contributed by atoms with E-state index in [2.05, 4.69) is 9.44 Å². The molecule has 4 aromatic carbocycles. The average Bonchev–Trinajstić information content (AvgIpc) is 2.76. The summed E-state index contributed by atoms with van der Waals surface area (Å²) < 4.78 is 82.9. The molecule has 0 aliphatic heterocycles. The van der Waals surface area contributed by atoms with Crippen molar-refractivity contribution in [2.24, 2.45) is 0 Å². The van der Waals surface area contributed by atoms with Crippen molar-refractivity contribution >= 4 is 42.2 Å². The van der Waals surface area contributed by atoms with Gasteiger partial charge in [0.2, 0.25) is 0 Å². The van der Waals surface area contributed by atoms with Crippen LogP contribution < -0.4 is 9.44 Å². The summed E-state index contributed by atoms with van der Waals surface area (Å²) in [4.78, 5) is -0.281. The first kappa shape index (κ1) is 21.7. The number of hydrogen-bond acceptors (Lipinski definition) is 4. The SMILES string of the molecule is O=S(=O)(Nc1ccc(F)cc1)c1cccc2c(S(=O)(=O)Nc3ccc(F)cc3)cccc12. The van der Waals surface area contributed by atoms with Gasteiger partial charge < -0.3 is 0 Å². The lowest BCUT2D eigenvalue weighted by Gasteiger charge is -2.14. The van der Waals surface area contributed by atoms with Crippen molar-refractivity contribution in [3.8, 4) is 0 Å². The van der Waals surface area contributed by atoms with Crippen LogP contribution in [0.3, 0.4) is 0 Å². The van der Waals surface area contributed by atoms with Crippen molar-refractivity contribution in [1.82, 2.24) is 0 Å². The van der Waals surface area contributed by atoms with Crippen molar-refractivity contribution in [2.45, 2.75) is 9.79 Å². The molecular weight excluding hydrogens is 458 g/mol. The first-order valence-electron chi connectivity index (χ1n) is 9.24. The minimum Gasteiger partial charge on any atom is -0.280 e. The Labute approximate surface area is 183 Å². The van der Waals surface area contributed by atoms with E-state index in [9.17, 15) is 25.6 Å². The van der Waals surface area contributed by atoms with Crippen LogP contribution in [-0.2, 0) is 20.0 Å². The molecular formula is C22H16F2N2O4S2. The number of hydrogen-bond donors (Lipinski definition) is 2. The third-order valence-electron chi connectivity index (χ3n) is 4.61. The summed E-state index contributed by atoms with van der Waals surface area (Å²) in [7, 11) is -8.22. The summed E-state index contributed by atoms with van der Waals surface area (Å²) in [6.45, 7) is 0. The van der Waals surface area contributed by atoms with Crippen LogP contribution in [0.1, 0.15) is 0 Å². The van der Waals surface area contributed by atoms with Crippen molar-refractivity contribution in [3.63, 3.8) is 0 Å². The summed E-state index contributed by atoms with van der Waals surface area (Å²) >= 11 is 0. The highest BCUT2D eigenvalue weighted by Crippen LogP contribution is 2.30. The zero-order valence-corrected chi connectivity index (χ0v) is 17.9. The Bertz CT molecular complexity index is 1390.